The van der Waals surface area contributed by atoms with Gasteiger partial charge in [0.25, 0.3) is 0 Å². The molecule has 3 nitrogen and oxygen atoms in total. The second-order valence-corrected chi connectivity index (χ2v) is 0. The van der Waals surface area contributed by atoms with Gasteiger partial charge in [0, 0.05) is 0 Å². The van der Waals surface area contributed by atoms with Crippen molar-refractivity contribution in [2.75, 3.05) is 0 Å². The van der Waals surface area contributed by atoms with Gasteiger partial charge in [0.2, 0.25) is 0 Å². The van der Waals surface area contributed by atoms with Crippen LogP contribution in [0.25, 0.3) is 0 Å². The third-order valence-corrected chi connectivity index (χ3v) is 0. The first-order valence-electron chi connectivity index (χ1n) is 0.671. The molecule has 0 N–H and O–H groups in total. The number of hydrogen-bond donors (Lipinski definition) is 0. The van der Waals surface area contributed by atoms with Gasteiger partial charge >= 0.3 is 56.9 Å². The Morgan fingerprint density at radius 1 is 0.625 bits per heavy atom. The van der Waals surface area contributed by atoms with E-state index in [0.29, 0.717) is 0 Å². The first-order chi connectivity index (χ1) is 3.00. The van der Waals surface area contributed by atoms with Crippen LogP contribution in [0.4, 0.5) is 0 Å². The minimum absolute atomic E-state index is 0. The molecule has 2 radical (unpaired) electrons. The summed E-state index contributed by atoms with van der Waals surface area (Å²) in [5.41, 5.74) is 0. The van der Waals surface area contributed by atoms with Gasteiger partial charge in [-0.25, -0.2) is 0 Å². The minimum Gasteiger partial charge on any atom is -0.512 e. The van der Waals surface area contributed by atoms with Crippen LogP contribution in [0.1, 0.15) is 0 Å². The van der Waals surface area contributed by atoms with Crippen molar-refractivity contribution in [2.45, 2.75) is 0 Å². The van der Waals surface area contributed by atoms with Crippen LogP contribution in [0.15, 0.2) is 0 Å². The molecule has 0 aliphatic heterocycles. The maximum absolute atomic E-state index is 6.25. The molecule has 0 unspecified atom stereocenters. The summed E-state index contributed by atoms with van der Waals surface area (Å²) in [7, 11) is 0. The van der Waals surface area contributed by atoms with Crippen LogP contribution >= 0.6 is 0 Å². The van der Waals surface area contributed by atoms with E-state index >= 15 is 0 Å². The Kier molecular flexibility index (Phi) is 9790. The van der Waals surface area contributed by atoms with Gasteiger partial charge in [-0.1, -0.05) is 0 Å². The van der Waals surface area contributed by atoms with E-state index in [2.05, 4.69) is 0 Å². The fourth-order valence-electron chi connectivity index (χ4n) is 0. The average molecular weight is 308 g/mol. The molecule has 0 heterocycles. The largest absolute Gasteiger partial charge is 2.00 e. The third-order valence-electron chi connectivity index (χ3n) is 0. The number of rotatable bonds is 0. The first kappa shape index (κ1) is 39.9. The molecule has 0 atom stereocenters. The molecule has 0 aromatic carbocycles. The van der Waals surface area contributed by atoms with E-state index in [1.54, 1.807) is 0 Å². The van der Waals surface area contributed by atoms with Crippen LogP contribution < -0.4 is 29.6 Å². The zero-order valence-electron chi connectivity index (χ0n) is 4.34. The summed E-state index contributed by atoms with van der Waals surface area (Å²) in [6, 6.07) is 0. The van der Waals surface area contributed by atoms with Crippen molar-refractivity contribution in [2.24, 2.45) is 0 Å². The van der Waals surface area contributed by atoms with Gasteiger partial charge in [-0.05, 0) is 0 Å². The van der Waals surface area contributed by atoms with Gasteiger partial charge < -0.3 is 35.5 Å². The van der Waals surface area contributed by atoms with E-state index < -0.39 is 0 Å². The molecule has 0 fully saturated rings. The quantitative estimate of drug-likeness (QED) is 0.352. The summed E-state index contributed by atoms with van der Waals surface area (Å²) in [6.45, 7) is 14.2. The molecule has 0 aliphatic rings. The van der Waals surface area contributed by atoms with E-state index in [4.69, 9.17) is 35.5 Å². The summed E-state index contributed by atoms with van der Waals surface area (Å²) in [6.07, 6.45) is 0. The van der Waals surface area contributed by atoms with Crippen LogP contribution in [0, 0.1) is 35.5 Å². The summed E-state index contributed by atoms with van der Waals surface area (Å²) in [5.74, 6) is 0. The molecule has 0 saturated carbocycles. The van der Waals surface area contributed by atoms with E-state index in [-0.39, 0.29) is 56.9 Å². The predicted octanol–water partition coefficient (Wildman–Crippen LogP) is -3.09. The van der Waals surface area contributed by atoms with Gasteiger partial charge in [-0.2, -0.15) is 0 Å². The van der Waals surface area contributed by atoms with Crippen LogP contribution in [0.5, 0.6) is 0 Å². The van der Waals surface area contributed by atoms with Crippen molar-refractivity contribution in [3.05, 3.63) is 19.7 Å². The van der Waals surface area contributed by atoms with Gasteiger partial charge in [0.1, 0.15) is 0 Å². The Morgan fingerprint density at radius 2 is 0.625 bits per heavy atom. The molecule has 32 valence electrons. The fraction of sp³-hybridized carbons (Fsp3) is 0. The Morgan fingerprint density at radius 3 is 0.625 bits per heavy atom. The zero-order valence-corrected chi connectivity index (χ0v) is 10.2. The minimum atomic E-state index is 0. The molecule has 0 saturated heterocycles. The summed E-state index contributed by atoms with van der Waals surface area (Å²) >= 11 is 0. The molecular formula is C3N3NaPb. The van der Waals surface area contributed by atoms with Crippen LogP contribution in [-0.4, -0.2) is 27.3 Å². The van der Waals surface area contributed by atoms with Crippen molar-refractivity contribution in [3.8, 4) is 0 Å². The van der Waals surface area contributed by atoms with Gasteiger partial charge in [0.15, 0.2) is 0 Å². The fourth-order valence-corrected chi connectivity index (χ4v) is 0. The Labute approximate surface area is 91.4 Å². The number of hydrogen-bond acceptors (Lipinski definition) is 3. The normalized spacial score (nSPS) is 0.750. The average Bonchev–Trinajstić information content (AvgIpc) is 1.81. The zero-order chi connectivity index (χ0) is 6.00. The molecule has 8 heavy (non-hydrogen) atoms. The van der Waals surface area contributed by atoms with Crippen molar-refractivity contribution in [1.82, 2.24) is 0 Å². The first-order valence-corrected chi connectivity index (χ1v) is 0.671. The standard InChI is InChI=1S/3CN.Na.Pb/c3*1-2;;/q3*-1;+1;+2. The van der Waals surface area contributed by atoms with Gasteiger partial charge in [-0.3, -0.25) is 0 Å². The second kappa shape index (κ2) is 1960. The summed E-state index contributed by atoms with van der Waals surface area (Å²) in [5, 5.41) is 18.8. The maximum atomic E-state index is 6.25. The van der Waals surface area contributed by atoms with Crippen molar-refractivity contribution < 1.29 is 29.6 Å². The molecule has 0 bridgehead atoms. The van der Waals surface area contributed by atoms with Crippen LogP contribution in [-0.2, 0) is 0 Å². The maximum Gasteiger partial charge on any atom is 2.00 e. The third kappa shape index (κ3) is 1210. The second-order valence-electron chi connectivity index (χ2n) is 0. The predicted molar refractivity (Wildman–Crippen MR) is 20.7 cm³/mol. The van der Waals surface area contributed by atoms with E-state index in [1.165, 1.54) is 0 Å². The summed E-state index contributed by atoms with van der Waals surface area (Å²) < 4.78 is 0. The monoisotopic (exact) mass is 309 g/mol. The van der Waals surface area contributed by atoms with Gasteiger partial charge in [-0.15, -0.1) is 0 Å². The van der Waals surface area contributed by atoms with E-state index in [1.807, 2.05) is 0 Å². The molecule has 0 aromatic heterocycles. The van der Waals surface area contributed by atoms with E-state index in [9.17, 15) is 0 Å². The summed E-state index contributed by atoms with van der Waals surface area (Å²) in [4.78, 5) is 0. The van der Waals surface area contributed by atoms with Crippen molar-refractivity contribution >= 4 is 27.3 Å². The Hall–Kier alpha value is 0.392. The SMILES string of the molecule is [C-]#N.[C-]#N.[C-]#N.[Na+].[Pb+2]. The molecule has 0 spiro atoms. The Bertz CT molecular complexity index is 43.0. The van der Waals surface area contributed by atoms with Gasteiger partial charge in [0.05, 0.1) is 0 Å². The molecule has 0 amide bonds. The van der Waals surface area contributed by atoms with Crippen molar-refractivity contribution in [3.63, 3.8) is 0 Å². The molecule has 5 heteroatoms. The molecule has 0 aliphatic carbocycles. The van der Waals surface area contributed by atoms with Crippen LogP contribution in [0.2, 0.25) is 0 Å². The smallest absolute Gasteiger partial charge is 0.512 e. The molecule has 0 aromatic rings. The number of nitrogens with zero attached hydrogens (tertiary/aromatic N) is 3. The van der Waals surface area contributed by atoms with Crippen molar-refractivity contribution in [1.29, 1.82) is 15.8 Å². The van der Waals surface area contributed by atoms with E-state index in [0.717, 1.165) is 0 Å². The topological polar surface area (TPSA) is 71.4 Å². The van der Waals surface area contributed by atoms with Crippen LogP contribution in [0.3, 0.4) is 0 Å². The molecular weight excluding hydrogens is 308 g/mol. The molecule has 0 rings (SSSR count). The Balaban J connectivity index is -0.00000000500.